The molecule has 3 aromatic carbocycles. The van der Waals surface area contributed by atoms with Gasteiger partial charge in [-0.1, -0.05) is 66.2 Å². The van der Waals surface area contributed by atoms with Crippen LogP contribution < -0.4 is 5.32 Å². The van der Waals surface area contributed by atoms with Crippen LogP contribution in [0.15, 0.2) is 72.8 Å². The highest BCUT2D eigenvalue weighted by molar-refractivity contribution is 6.31. The highest BCUT2D eigenvalue weighted by Crippen LogP contribution is 2.39. The van der Waals surface area contributed by atoms with Crippen molar-refractivity contribution in [3.05, 3.63) is 106 Å². The average Bonchev–Trinajstić information content (AvgIpc) is 3.05. The van der Waals surface area contributed by atoms with Gasteiger partial charge >= 0.3 is 12.1 Å². The first-order valence-electron chi connectivity index (χ1n) is 15.0. The predicted octanol–water partition coefficient (Wildman–Crippen LogP) is 7.21. The van der Waals surface area contributed by atoms with Crippen molar-refractivity contribution in [1.29, 1.82) is 5.26 Å². The summed E-state index contributed by atoms with van der Waals surface area (Å²) >= 11 is 6.42. The first-order chi connectivity index (χ1) is 21.2. The number of nitriles is 1. The predicted molar refractivity (Wildman–Crippen MR) is 165 cm³/mol. The van der Waals surface area contributed by atoms with Crippen LogP contribution in [0.2, 0.25) is 5.02 Å². The Balaban J connectivity index is 1.22. The van der Waals surface area contributed by atoms with E-state index in [0.29, 0.717) is 55.9 Å². The van der Waals surface area contributed by atoms with Crippen LogP contribution in [0.4, 0.5) is 18.4 Å². The van der Waals surface area contributed by atoms with Gasteiger partial charge in [0.05, 0.1) is 23.6 Å². The molecular formula is C34H36ClF2N5O2. The molecule has 5 rings (SSSR count). The number of piperidine rings is 1. The van der Waals surface area contributed by atoms with Gasteiger partial charge in [0.15, 0.2) is 11.6 Å². The summed E-state index contributed by atoms with van der Waals surface area (Å²) in [6.07, 6.45) is 2.33. The molecule has 0 radical (unpaired) electrons. The number of urea groups is 2. The molecule has 0 aliphatic carbocycles. The van der Waals surface area contributed by atoms with Crippen molar-refractivity contribution in [3.8, 4) is 6.07 Å². The van der Waals surface area contributed by atoms with Crippen molar-refractivity contribution in [2.24, 2.45) is 0 Å². The van der Waals surface area contributed by atoms with E-state index in [2.05, 4.69) is 16.3 Å². The molecule has 1 N–H and O–H groups in total. The second kappa shape index (κ2) is 13.7. The van der Waals surface area contributed by atoms with E-state index in [0.717, 1.165) is 41.2 Å². The number of nitrogens with one attached hydrogen (secondary N) is 1. The lowest BCUT2D eigenvalue weighted by atomic mass is 9.74. The molecule has 0 bridgehead atoms. The molecule has 2 aliphatic heterocycles. The minimum Gasteiger partial charge on any atom is -0.338 e. The largest absolute Gasteiger partial charge is 0.338 e. The van der Waals surface area contributed by atoms with Gasteiger partial charge in [0.1, 0.15) is 0 Å². The van der Waals surface area contributed by atoms with Crippen molar-refractivity contribution in [2.45, 2.75) is 50.1 Å². The van der Waals surface area contributed by atoms with E-state index in [9.17, 15) is 23.6 Å². The fourth-order valence-electron chi connectivity index (χ4n) is 6.32. The maximum atomic E-state index is 14.2. The van der Waals surface area contributed by atoms with Crippen LogP contribution in [0, 0.1) is 23.0 Å². The SMILES string of the molecule is C[C@H](c1ccccc1)N1CCC(c2ccc(F)c(F)c2)N(C(=O)NCCCN2CCC(C#N)(c3ccccc3Cl)CC2)C1=O. The molecule has 44 heavy (non-hydrogen) atoms. The standard InChI is InChI=1S/C34H36ClF2N5O2/c1-24(25-8-3-2-4-9-25)41-19-14-31(26-12-13-29(36)30(37)22-26)42(33(41)44)32(43)39-17-7-18-40-20-15-34(23-38,16-21-40)27-10-5-6-11-28(27)35/h2-6,8-13,22,24,31H,7,14-21H2,1H3,(H,39,43)/t24-,31?/m1/s1. The van der Waals surface area contributed by atoms with Gasteiger partial charge in [0.25, 0.3) is 0 Å². The molecule has 7 nitrogen and oxygen atoms in total. The van der Waals surface area contributed by atoms with E-state index in [1.54, 1.807) is 4.90 Å². The Labute approximate surface area is 262 Å². The minimum atomic E-state index is -1.02. The number of hydrogen-bond donors (Lipinski definition) is 1. The van der Waals surface area contributed by atoms with Crippen molar-refractivity contribution < 1.29 is 18.4 Å². The van der Waals surface area contributed by atoms with Gasteiger partial charge < -0.3 is 15.1 Å². The number of rotatable bonds is 8. The molecule has 3 aromatic rings. The van der Waals surface area contributed by atoms with Crippen LogP contribution in [0.3, 0.4) is 0 Å². The lowest BCUT2D eigenvalue weighted by Gasteiger charge is -2.43. The number of benzene rings is 3. The molecule has 230 valence electrons. The van der Waals surface area contributed by atoms with Gasteiger partial charge in [-0.3, -0.25) is 0 Å². The zero-order valence-corrected chi connectivity index (χ0v) is 25.4. The van der Waals surface area contributed by atoms with Crippen LogP contribution in [0.1, 0.15) is 61.4 Å². The van der Waals surface area contributed by atoms with Crippen molar-refractivity contribution >= 4 is 23.7 Å². The van der Waals surface area contributed by atoms with E-state index >= 15 is 0 Å². The molecule has 0 aromatic heterocycles. The summed E-state index contributed by atoms with van der Waals surface area (Å²) in [4.78, 5) is 32.4. The normalized spacial score (nSPS) is 19.3. The summed E-state index contributed by atoms with van der Waals surface area (Å²) in [5, 5.41) is 13.5. The first kappa shape index (κ1) is 31.4. The molecule has 2 atom stereocenters. The summed E-state index contributed by atoms with van der Waals surface area (Å²) < 4.78 is 27.9. The summed E-state index contributed by atoms with van der Waals surface area (Å²) in [5.41, 5.74) is 1.56. The molecule has 0 saturated carbocycles. The third-order valence-electron chi connectivity index (χ3n) is 8.94. The number of carbonyl (C=O) groups is 2. The number of hydrogen-bond acceptors (Lipinski definition) is 4. The zero-order valence-electron chi connectivity index (χ0n) is 24.7. The number of carbonyl (C=O) groups excluding carboxylic acids is 2. The Kier molecular flexibility index (Phi) is 9.82. The number of likely N-dealkylation sites (tertiary alicyclic amines) is 1. The second-order valence-electron chi connectivity index (χ2n) is 11.5. The van der Waals surface area contributed by atoms with Gasteiger partial charge in [-0.05, 0) is 87.1 Å². The van der Waals surface area contributed by atoms with Crippen molar-refractivity contribution in [2.75, 3.05) is 32.7 Å². The van der Waals surface area contributed by atoms with Crippen molar-refractivity contribution in [3.63, 3.8) is 0 Å². The van der Waals surface area contributed by atoms with Gasteiger partial charge in [-0.15, -0.1) is 0 Å². The highest BCUT2D eigenvalue weighted by Gasteiger charge is 2.41. The third kappa shape index (κ3) is 6.57. The fraction of sp³-hybridized carbons (Fsp3) is 0.382. The third-order valence-corrected chi connectivity index (χ3v) is 9.27. The first-order valence-corrected chi connectivity index (χ1v) is 15.4. The maximum absolute atomic E-state index is 14.2. The highest BCUT2D eigenvalue weighted by atomic mass is 35.5. The lowest BCUT2D eigenvalue weighted by molar-refractivity contribution is 0.0944. The quantitative estimate of drug-likeness (QED) is 0.270. The molecule has 10 heteroatoms. The summed E-state index contributed by atoms with van der Waals surface area (Å²) in [6, 6.07) is 21.0. The van der Waals surface area contributed by atoms with Gasteiger partial charge in [-0.25, -0.2) is 23.3 Å². The number of imide groups is 1. The molecular weight excluding hydrogens is 584 g/mol. The average molecular weight is 620 g/mol. The van der Waals surface area contributed by atoms with E-state index in [-0.39, 0.29) is 6.04 Å². The van der Waals surface area contributed by atoms with Crippen LogP contribution in [-0.4, -0.2) is 59.5 Å². The smallest absolute Gasteiger partial charge is 0.329 e. The molecule has 2 aliphatic rings. The molecule has 4 amide bonds. The molecule has 2 saturated heterocycles. The van der Waals surface area contributed by atoms with E-state index in [4.69, 9.17) is 11.6 Å². The van der Waals surface area contributed by atoms with E-state index in [1.807, 2.05) is 61.5 Å². The Bertz CT molecular complexity index is 1520. The topological polar surface area (TPSA) is 79.7 Å². The van der Waals surface area contributed by atoms with Crippen LogP contribution in [0.25, 0.3) is 0 Å². The summed E-state index contributed by atoms with van der Waals surface area (Å²) in [7, 11) is 0. The van der Waals surface area contributed by atoms with Crippen molar-refractivity contribution in [1.82, 2.24) is 20.0 Å². The lowest BCUT2D eigenvalue weighted by Crippen LogP contribution is -2.56. The molecule has 2 heterocycles. The summed E-state index contributed by atoms with van der Waals surface area (Å²) in [5.74, 6) is -2.00. The van der Waals surface area contributed by atoms with E-state index < -0.39 is 35.2 Å². The zero-order chi connectivity index (χ0) is 31.3. The van der Waals surface area contributed by atoms with Gasteiger partial charge in [-0.2, -0.15) is 5.26 Å². The Morgan fingerprint density at radius 3 is 2.43 bits per heavy atom. The number of amides is 4. The van der Waals surface area contributed by atoms with Gasteiger partial charge in [0, 0.05) is 18.1 Å². The number of halogens is 3. The second-order valence-corrected chi connectivity index (χ2v) is 11.9. The van der Waals surface area contributed by atoms with Gasteiger partial charge in [0.2, 0.25) is 0 Å². The van der Waals surface area contributed by atoms with Crippen LogP contribution in [0.5, 0.6) is 0 Å². The fourth-order valence-corrected chi connectivity index (χ4v) is 6.64. The minimum absolute atomic E-state index is 0.282. The molecule has 2 fully saturated rings. The van der Waals surface area contributed by atoms with Crippen LogP contribution >= 0.6 is 11.6 Å². The maximum Gasteiger partial charge on any atom is 0.329 e. The Morgan fingerprint density at radius 1 is 1.05 bits per heavy atom. The summed E-state index contributed by atoms with van der Waals surface area (Å²) in [6.45, 7) is 4.75. The molecule has 0 spiro atoms. The Hall–Kier alpha value is -4.00. The molecule has 1 unspecified atom stereocenters. The number of nitrogens with zero attached hydrogens (tertiary/aromatic N) is 4. The monoisotopic (exact) mass is 619 g/mol. The van der Waals surface area contributed by atoms with E-state index in [1.165, 1.54) is 6.07 Å². The Morgan fingerprint density at radius 2 is 1.75 bits per heavy atom. The van der Waals surface area contributed by atoms with Crippen LogP contribution in [-0.2, 0) is 5.41 Å².